The molecule has 1 nitrogen and oxygen atoms in total. The minimum atomic E-state index is 0.384. The molecule has 5 heavy (non-hydrogen) atoms. The summed E-state index contributed by atoms with van der Waals surface area (Å²) >= 11 is 1.33. The monoisotopic (exact) mass is 86.0 g/mol. The second-order valence-corrected chi connectivity index (χ2v) is 1.31. The van der Waals surface area contributed by atoms with Crippen LogP contribution < -0.4 is 0 Å². The molecule has 0 aliphatic heterocycles. The number of aromatic nitrogens is 1. The Morgan fingerprint density at radius 3 is 3.20 bits per heavy atom. The predicted octanol–water partition coefficient (Wildman–Crippen LogP) is 1.14. The maximum Gasteiger partial charge on any atom is 0.0960 e. The molecule has 2 heteroatoms. The third-order valence-corrected chi connectivity index (χ3v) is 0.777. The summed E-state index contributed by atoms with van der Waals surface area (Å²) < 4.78 is 6.78. The third kappa shape index (κ3) is 0.450. The first-order valence-corrected chi connectivity index (χ1v) is 2.13. The lowest BCUT2D eigenvalue weighted by Crippen LogP contribution is -1.38. The SMILES string of the molecule is [2H]c1nccs1. The van der Waals surface area contributed by atoms with E-state index in [-0.39, 0.29) is 0 Å². The van der Waals surface area contributed by atoms with E-state index >= 15 is 0 Å². The van der Waals surface area contributed by atoms with E-state index < -0.39 is 0 Å². The molecule has 0 amide bonds. The quantitative estimate of drug-likeness (QED) is 0.461. The van der Waals surface area contributed by atoms with Gasteiger partial charge < -0.3 is 0 Å². The summed E-state index contributed by atoms with van der Waals surface area (Å²) in [6, 6.07) is 0. The first-order chi connectivity index (χ1) is 2.89. The fourth-order valence-corrected chi connectivity index (χ4v) is 0.456. The summed E-state index contributed by atoms with van der Waals surface area (Å²) in [7, 11) is 0. The molecule has 0 radical (unpaired) electrons. The predicted molar refractivity (Wildman–Crippen MR) is 22.1 cm³/mol. The number of rotatable bonds is 0. The van der Waals surface area contributed by atoms with E-state index in [2.05, 4.69) is 4.98 Å². The lowest BCUT2D eigenvalue weighted by atomic mass is 11.0. The molecular formula is C3H3NS. The van der Waals surface area contributed by atoms with E-state index in [9.17, 15) is 0 Å². The lowest BCUT2D eigenvalue weighted by molar-refractivity contribution is 1.43. The van der Waals surface area contributed by atoms with Crippen LogP contribution in [0.25, 0.3) is 0 Å². The first-order valence-electron chi connectivity index (χ1n) is 1.75. The number of thiazole rings is 1. The van der Waals surface area contributed by atoms with E-state index in [1.54, 1.807) is 11.6 Å². The topological polar surface area (TPSA) is 12.9 Å². The second kappa shape index (κ2) is 1.17. The Morgan fingerprint density at radius 1 is 2.00 bits per heavy atom. The van der Waals surface area contributed by atoms with Crippen molar-refractivity contribution < 1.29 is 1.37 Å². The third-order valence-electron chi connectivity index (χ3n) is 0.309. The van der Waals surface area contributed by atoms with E-state index in [0.717, 1.165) is 0 Å². The van der Waals surface area contributed by atoms with Crippen LogP contribution in [0.3, 0.4) is 0 Å². The molecule has 0 aromatic carbocycles. The van der Waals surface area contributed by atoms with Gasteiger partial charge in [0.05, 0.1) is 6.86 Å². The van der Waals surface area contributed by atoms with Crippen LogP contribution >= 0.6 is 11.3 Å². The van der Waals surface area contributed by atoms with Crippen molar-refractivity contribution in [1.82, 2.24) is 4.98 Å². The van der Waals surface area contributed by atoms with Crippen molar-refractivity contribution in [3.05, 3.63) is 17.1 Å². The van der Waals surface area contributed by atoms with Crippen molar-refractivity contribution in [3.63, 3.8) is 0 Å². The number of nitrogens with zero attached hydrogens (tertiary/aromatic N) is 1. The Morgan fingerprint density at radius 2 is 3.00 bits per heavy atom. The zero-order chi connectivity index (χ0) is 4.41. The molecule has 0 aliphatic rings. The number of hydrogen-bond acceptors (Lipinski definition) is 2. The molecule has 0 fully saturated rings. The zero-order valence-electron chi connectivity index (χ0n) is 3.51. The van der Waals surface area contributed by atoms with E-state index in [0.29, 0.717) is 5.49 Å². The van der Waals surface area contributed by atoms with Crippen molar-refractivity contribution in [2.24, 2.45) is 0 Å². The molecule has 0 unspecified atom stereocenters. The van der Waals surface area contributed by atoms with E-state index in [1.807, 2.05) is 0 Å². The Hall–Kier alpha value is -0.370. The molecule has 0 saturated heterocycles. The van der Waals surface area contributed by atoms with Gasteiger partial charge in [0.1, 0.15) is 0 Å². The molecule has 0 atom stereocenters. The lowest BCUT2D eigenvalue weighted by Gasteiger charge is -1.41. The van der Waals surface area contributed by atoms with Crippen molar-refractivity contribution in [1.29, 1.82) is 0 Å². The van der Waals surface area contributed by atoms with Crippen LogP contribution in [0, 0.1) is 0 Å². The van der Waals surface area contributed by atoms with Crippen molar-refractivity contribution in [3.8, 4) is 0 Å². The standard InChI is InChI=1S/C3H3NS/c1-2-5-3-4-1/h1-3H/i3D. The van der Waals surface area contributed by atoms with Crippen LogP contribution in [0.1, 0.15) is 1.37 Å². The van der Waals surface area contributed by atoms with Gasteiger partial charge in [0.2, 0.25) is 0 Å². The summed E-state index contributed by atoms with van der Waals surface area (Å²) in [5, 5.41) is 1.78. The first kappa shape index (κ1) is 1.92. The summed E-state index contributed by atoms with van der Waals surface area (Å²) in [5.41, 5.74) is 0.384. The molecule has 0 N–H and O–H groups in total. The molecule has 0 spiro atoms. The summed E-state index contributed by atoms with van der Waals surface area (Å²) in [6.07, 6.45) is 1.62. The van der Waals surface area contributed by atoms with E-state index in [4.69, 9.17) is 1.37 Å². The highest BCUT2D eigenvalue weighted by Crippen LogP contribution is 1.85. The molecule has 0 aliphatic carbocycles. The molecule has 1 aromatic heterocycles. The van der Waals surface area contributed by atoms with Gasteiger partial charge in [-0.3, -0.25) is 4.98 Å². The summed E-state index contributed by atoms with van der Waals surface area (Å²) in [5.74, 6) is 0. The van der Waals surface area contributed by atoms with Gasteiger partial charge >= 0.3 is 0 Å². The highest BCUT2D eigenvalue weighted by molar-refractivity contribution is 7.07. The van der Waals surface area contributed by atoms with Gasteiger partial charge in [-0.2, -0.15) is 0 Å². The molecule has 1 aromatic rings. The van der Waals surface area contributed by atoms with Crippen LogP contribution in [0.2, 0.25) is 0 Å². The molecule has 0 saturated carbocycles. The van der Waals surface area contributed by atoms with Crippen molar-refractivity contribution in [2.75, 3.05) is 0 Å². The van der Waals surface area contributed by atoms with Gasteiger partial charge in [0, 0.05) is 11.6 Å². The van der Waals surface area contributed by atoms with E-state index in [1.165, 1.54) is 11.3 Å². The summed E-state index contributed by atoms with van der Waals surface area (Å²) in [4.78, 5) is 3.60. The minimum absolute atomic E-state index is 0.384. The van der Waals surface area contributed by atoms with Crippen LogP contribution in [0.4, 0.5) is 0 Å². The molecule has 26 valence electrons. The van der Waals surface area contributed by atoms with Crippen LogP contribution in [-0.2, 0) is 0 Å². The fraction of sp³-hybridized carbons (Fsp3) is 0. The van der Waals surface area contributed by atoms with Gasteiger partial charge in [-0.25, -0.2) is 0 Å². The van der Waals surface area contributed by atoms with Crippen LogP contribution in [-0.4, -0.2) is 4.98 Å². The van der Waals surface area contributed by atoms with Crippen LogP contribution in [0.15, 0.2) is 17.1 Å². The Balaban J connectivity index is 3.05. The van der Waals surface area contributed by atoms with Gasteiger partial charge in [-0.05, 0) is 0 Å². The molecule has 0 bridgehead atoms. The largest absolute Gasteiger partial charge is 0.253 e. The summed E-state index contributed by atoms with van der Waals surface area (Å²) in [6.45, 7) is 0. The average Bonchev–Trinajstić information content (AvgIpc) is 1.86. The molecule has 1 rings (SSSR count). The second-order valence-electron chi connectivity index (χ2n) is 0.623. The zero-order valence-corrected chi connectivity index (χ0v) is 3.33. The highest BCUT2D eigenvalue weighted by Gasteiger charge is 1.59. The fourth-order valence-electron chi connectivity index (χ4n) is 0.152. The average molecular weight is 86.1 g/mol. The van der Waals surface area contributed by atoms with Gasteiger partial charge in [0.25, 0.3) is 0 Å². The maximum atomic E-state index is 6.78. The van der Waals surface area contributed by atoms with Crippen molar-refractivity contribution >= 4 is 11.3 Å². The molecular weight excluding hydrogens is 82.1 g/mol. The Labute approximate surface area is 35.7 Å². The van der Waals surface area contributed by atoms with Crippen LogP contribution in [0.5, 0.6) is 0 Å². The van der Waals surface area contributed by atoms with Gasteiger partial charge in [-0.1, -0.05) is 0 Å². The van der Waals surface area contributed by atoms with Gasteiger partial charge in [0.15, 0.2) is 0 Å². The van der Waals surface area contributed by atoms with Gasteiger partial charge in [-0.15, -0.1) is 11.3 Å². The Kier molecular flexibility index (Phi) is 0.451. The molecule has 1 heterocycles. The Bertz CT molecular complexity index is 114. The van der Waals surface area contributed by atoms with Crippen molar-refractivity contribution in [2.45, 2.75) is 0 Å². The maximum absolute atomic E-state index is 6.78. The number of hydrogen-bond donors (Lipinski definition) is 0. The highest BCUT2D eigenvalue weighted by atomic mass is 32.1. The smallest absolute Gasteiger partial charge is 0.0960 e. The minimum Gasteiger partial charge on any atom is -0.253 e. The normalized spacial score (nSPS) is 10.8.